The number of benzene rings is 1. The van der Waals surface area contributed by atoms with Crippen LogP contribution in [0.4, 0.5) is 5.69 Å². The van der Waals surface area contributed by atoms with Gasteiger partial charge in [-0.3, -0.25) is 4.79 Å². The number of anilines is 1. The zero-order chi connectivity index (χ0) is 15.1. The number of hydrogen-bond acceptors (Lipinski definition) is 4. The number of rotatable bonds is 5. The van der Waals surface area contributed by atoms with Gasteiger partial charge in [-0.1, -0.05) is 19.3 Å². The van der Waals surface area contributed by atoms with Crippen LogP contribution < -0.4 is 10.1 Å². The Morgan fingerprint density at radius 3 is 2.52 bits per heavy atom. The van der Waals surface area contributed by atoms with Crippen LogP contribution in [0.15, 0.2) is 24.3 Å². The molecule has 1 saturated carbocycles. The first kappa shape index (κ1) is 15.3. The zero-order valence-electron chi connectivity index (χ0n) is 12.0. The summed E-state index contributed by atoms with van der Waals surface area (Å²) in [6.07, 6.45) is 4.21. The molecule has 0 heterocycles. The molecule has 5 heteroatoms. The van der Waals surface area contributed by atoms with Gasteiger partial charge in [-0.15, -0.1) is 0 Å². The van der Waals surface area contributed by atoms with Crippen LogP contribution in [0.2, 0.25) is 0 Å². The van der Waals surface area contributed by atoms with Crippen LogP contribution in [0.3, 0.4) is 0 Å². The second-order valence-corrected chi connectivity index (χ2v) is 5.31. The van der Waals surface area contributed by atoms with Crippen LogP contribution in [0.5, 0.6) is 5.75 Å². The molecular weight excluding hydrogens is 268 g/mol. The highest BCUT2D eigenvalue weighted by Gasteiger charge is 2.39. The van der Waals surface area contributed by atoms with Gasteiger partial charge in [0.2, 0.25) is 5.91 Å². The fourth-order valence-corrected chi connectivity index (χ4v) is 2.59. The minimum Gasteiger partial charge on any atom is -0.491 e. The first-order valence-corrected chi connectivity index (χ1v) is 7.27. The van der Waals surface area contributed by atoms with Crippen LogP contribution in [0.25, 0.3) is 0 Å². The van der Waals surface area contributed by atoms with Crippen molar-refractivity contribution in [3.8, 4) is 11.8 Å². The average Bonchev–Trinajstić information content (AvgIpc) is 2.54. The second-order valence-electron chi connectivity index (χ2n) is 5.31. The number of hydrogen-bond donors (Lipinski definition) is 2. The van der Waals surface area contributed by atoms with E-state index in [1.54, 1.807) is 24.3 Å². The van der Waals surface area contributed by atoms with Gasteiger partial charge in [-0.25, -0.2) is 0 Å². The maximum atomic E-state index is 12.4. The molecule has 1 aromatic carbocycles. The molecule has 0 aromatic heterocycles. The molecule has 0 spiro atoms. The number of nitrogens with one attached hydrogen (secondary N) is 1. The monoisotopic (exact) mass is 288 g/mol. The topological polar surface area (TPSA) is 82.4 Å². The lowest BCUT2D eigenvalue weighted by molar-refractivity contribution is -0.124. The molecule has 0 aliphatic heterocycles. The summed E-state index contributed by atoms with van der Waals surface area (Å²) >= 11 is 0. The Kier molecular flexibility index (Phi) is 5.18. The Labute approximate surface area is 124 Å². The summed E-state index contributed by atoms with van der Waals surface area (Å²) in [7, 11) is 0. The number of amides is 1. The molecule has 112 valence electrons. The van der Waals surface area contributed by atoms with Gasteiger partial charge in [0, 0.05) is 5.69 Å². The number of nitrogens with zero attached hydrogens (tertiary/aromatic N) is 1. The zero-order valence-corrected chi connectivity index (χ0v) is 12.0. The molecule has 0 bridgehead atoms. The van der Waals surface area contributed by atoms with Crippen molar-refractivity contribution in [1.29, 1.82) is 5.26 Å². The summed E-state index contributed by atoms with van der Waals surface area (Å²) in [6, 6.07) is 9.14. The van der Waals surface area contributed by atoms with E-state index >= 15 is 0 Å². The normalized spacial score (nSPS) is 16.8. The Morgan fingerprint density at radius 1 is 1.29 bits per heavy atom. The smallest absolute Gasteiger partial charge is 0.244 e. The Balaban J connectivity index is 2.00. The maximum Gasteiger partial charge on any atom is 0.244 e. The summed E-state index contributed by atoms with van der Waals surface area (Å²) < 4.78 is 5.26. The predicted octanol–water partition coefficient (Wildman–Crippen LogP) is 2.47. The summed E-state index contributed by atoms with van der Waals surface area (Å²) in [5, 5.41) is 20.9. The van der Waals surface area contributed by atoms with Gasteiger partial charge in [-0.2, -0.15) is 5.26 Å². The fourth-order valence-electron chi connectivity index (χ4n) is 2.59. The minimum atomic E-state index is -0.885. The quantitative estimate of drug-likeness (QED) is 0.872. The minimum absolute atomic E-state index is 0.0385. The largest absolute Gasteiger partial charge is 0.491 e. The number of aliphatic hydroxyl groups excluding tert-OH is 1. The Bertz CT molecular complexity index is 513. The number of ether oxygens (including phenoxy) is 1. The molecule has 2 rings (SSSR count). The van der Waals surface area contributed by atoms with Crippen LogP contribution in [0.1, 0.15) is 32.1 Å². The highest BCUT2D eigenvalue weighted by Crippen LogP contribution is 2.36. The van der Waals surface area contributed by atoms with Crippen LogP contribution >= 0.6 is 0 Å². The van der Waals surface area contributed by atoms with Crippen molar-refractivity contribution in [2.24, 2.45) is 5.41 Å². The standard InChI is InChI=1S/C16H20N2O3/c17-12-16(8-2-1-3-9-16)15(20)18-13-4-6-14(7-5-13)21-11-10-19/h4-7,19H,1-3,8-11H2,(H,18,20). The number of aliphatic hydroxyl groups is 1. The van der Waals surface area contributed by atoms with Crippen LogP contribution in [0, 0.1) is 16.7 Å². The summed E-state index contributed by atoms with van der Waals surface area (Å²) in [6.45, 7) is 0.201. The van der Waals surface area contributed by atoms with E-state index in [9.17, 15) is 10.1 Å². The molecule has 1 aliphatic rings. The highest BCUT2D eigenvalue weighted by atomic mass is 16.5. The molecule has 0 saturated heterocycles. The van der Waals surface area contributed by atoms with Crippen molar-refractivity contribution in [3.05, 3.63) is 24.3 Å². The predicted molar refractivity (Wildman–Crippen MR) is 78.8 cm³/mol. The number of nitriles is 1. The molecule has 2 N–H and O–H groups in total. The van der Waals surface area contributed by atoms with Crippen molar-refractivity contribution < 1.29 is 14.6 Å². The third-order valence-corrected chi connectivity index (χ3v) is 3.83. The number of carbonyl (C=O) groups is 1. The third kappa shape index (κ3) is 3.73. The van der Waals surface area contributed by atoms with E-state index in [-0.39, 0.29) is 19.1 Å². The van der Waals surface area contributed by atoms with Crippen molar-refractivity contribution in [1.82, 2.24) is 0 Å². The Hall–Kier alpha value is -2.06. The van der Waals surface area contributed by atoms with Crippen molar-refractivity contribution in [2.75, 3.05) is 18.5 Å². The van der Waals surface area contributed by atoms with E-state index < -0.39 is 5.41 Å². The van der Waals surface area contributed by atoms with Gasteiger partial charge in [0.25, 0.3) is 0 Å². The van der Waals surface area contributed by atoms with E-state index in [1.165, 1.54) is 0 Å². The molecule has 0 radical (unpaired) electrons. The molecule has 1 amide bonds. The first-order valence-electron chi connectivity index (χ1n) is 7.27. The molecule has 1 fully saturated rings. The van der Waals surface area contributed by atoms with Gasteiger partial charge >= 0.3 is 0 Å². The van der Waals surface area contributed by atoms with Gasteiger partial charge in [0.05, 0.1) is 12.7 Å². The fraction of sp³-hybridized carbons (Fsp3) is 0.500. The van der Waals surface area contributed by atoms with E-state index in [0.717, 1.165) is 19.3 Å². The first-order chi connectivity index (χ1) is 10.2. The lowest BCUT2D eigenvalue weighted by Crippen LogP contribution is -2.36. The molecule has 5 nitrogen and oxygen atoms in total. The average molecular weight is 288 g/mol. The van der Waals surface area contributed by atoms with E-state index in [2.05, 4.69) is 11.4 Å². The van der Waals surface area contributed by atoms with Crippen molar-refractivity contribution in [3.63, 3.8) is 0 Å². The maximum absolute atomic E-state index is 12.4. The van der Waals surface area contributed by atoms with Gasteiger partial charge in [0.1, 0.15) is 17.8 Å². The van der Waals surface area contributed by atoms with E-state index in [1.807, 2.05) is 0 Å². The van der Waals surface area contributed by atoms with Crippen LogP contribution in [-0.4, -0.2) is 24.2 Å². The third-order valence-electron chi connectivity index (χ3n) is 3.83. The number of carbonyl (C=O) groups excluding carboxylic acids is 1. The molecule has 1 aliphatic carbocycles. The Morgan fingerprint density at radius 2 is 1.95 bits per heavy atom. The molecular formula is C16H20N2O3. The SMILES string of the molecule is N#CC1(C(=O)Nc2ccc(OCCO)cc2)CCCCC1. The van der Waals surface area contributed by atoms with Crippen LogP contribution in [-0.2, 0) is 4.79 Å². The van der Waals surface area contributed by atoms with Crippen molar-refractivity contribution in [2.45, 2.75) is 32.1 Å². The second kappa shape index (κ2) is 7.09. The van der Waals surface area contributed by atoms with Gasteiger partial charge in [-0.05, 0) is 37.1 Å². The van der Waals surface area contributed by atoms with E-state index in [4.69, 9.17) is 9.84 Å². The summed E-state index contributed by atoms with van der Waals surface area (Å²) in [5.74, 6) is 0.420. The summed E-state index contributed by atoms with van der Waals surface area (Å²) in [4.78, 5) is 12.4. The molecule has 1 aromatic rings. The summed E-state index contributed by atoms with van der Waals surface area (Å²) in [5.41, 5.74) is -0.235. The lowest BCUT2D eigenvalue weighted by Gasteiger charge is -2.29. The molecule has 0 unspecified atom stereocenters. The van der Waals surface area contributed by atoms with Gasteiger partial charge < -0.3 is 15.2 Å². The van der Waals surface area contributed by atoms with E-state index in [0.29, 0.717) is 24.3 Å². The van der Waals surface area contributed by atoms with Gasteiger partial charge in [0.15, 0.2) is 0 Å². The molecule has 0 atom stereocenters. The highest BCUT2D eigenvalue weighted by molar-refractivity contribution is 5.97. The molecule has 21 heavy (non-hydrogen) atoms. The lowest BCUT2D eigenvalue weighted by atomic mass is 9.74. The van der Waals surface area contributed by atoms with Crippen molar-refractivity contribution >= 4 is 11.6 Å².